The zero-order valence-corrected chi connectivity index (χ0v) is 14.1. The molecule has 0 fully saturated rings. The highest BCUT2D eigenvalue weighted by Crippen LogP contribution is 2.28. The molecular formula is C15H11NO7S2. The number of benzene rings is 2. The van der Waals surface area contributed by atoms with Crippen LogP contribution in [0.1, 0.15) is 31.8 Å². The Labute approximate surface area is 143 Å². The van der Waals surface area contributed by atoms with Gasteiger partial charge in [0.1, 0.15) is 5.88 Å². The summed E-state index contributed by atoms with van der Waals surface area (Å²) in [6.45, 7) is 0. The summed E-state index contributed by atoms with van der Waals surface area (Å²) in [6.07, 6.45) is 0. The average Bonchev–Trinajstić information content (AvgIpc) is 2.57. The zero-order valence-electron chi connectivity index (χ0n) is 12.5. The fourth-order valence-electron chi connectivity index (χ4n) is 2.48. The predicted octanol–water partition coefficient (Wildman–Crippen LogP) is 0.586. The summed E-state index contributed by atoms with van der Waals surface area (Å²) >= 11 is 0. The van der Waals surface area contributed by atoms with Gasteiger partial charge in [0.2, 0.25) is 10.0 Å². The number of fused-ring (bicyclic) bond motifs is 2. The quantitative estimate of drug-likeness (QED) is 0.631. The Morgan fingerprint density at radius 2 is 1.32 bits per heavy atom. The van der Waals surface area contributed by atoms with E-state index in [1.54, 1.807) is 16.9 Å². The lowest BCUT2D eigenvalue weighted by molar-refractivity contribution is 0.0979. The Balaban J connectivity index is 2.06. The van der Waals surface area contributed by atoms with Crippen LogP contribution in [-0.2, 0) is 20.1 Å². The van der Waals surface area contributed by atoms with Gasteiger partial charge in [-0.1, -0.05) is 24.3 Å². The first-order valence-corrected chi connectivity index (χ1v) is 9.97. The van der Waals surface area contributed by atoms with Gasteiger partial charge in [0, 0.05) is 22.3 Å². The van der Waals surface area contributed by atoms with Crippen LogP contribution in [0.4, 0.5) is 0 Å². The van der Waals surface area contributed by atoms with Crippen LogP contribution in [0.3, 0.4) is 0 Å². The molecule has 0 saturated carbocycles. The van der Waals surface area contributed by atoms with Crippen molar-refractivity contribution in [3.05, 3.63) is 64.7 Å². The maximum atomic E-state index is 12.5. The van der Waals surface area contributed by atoms with Gasteiger partial charge in [0.25, 0.3) is 10.1 Å². The first-order valence-electron chi connectivity index (χ1n) is 6.87. The third kappa shape index (κ3) is 3.24. The van der Waals surface area contributed by atoms with Crippen molar-refractivity contribution in [2.75, 3.05) is 5.88 Å². The topological polar surface area (TPSA) is 135 Å². The molecule has 2 aromatic rings. The smallest absolute Gasteiger partial charge is 0.279 e. The van der Waals surface area contributed by atoms with Gasteiger partial charge in [0.05, 0.1) is 4.90 Å². The third-order valence-corrected chi connectivity index (χ3v) is 5.73. The maximum absolute atomic E-state index is 12.5. The molecule has 0 radical (unpaired) electrons. The lowest BCUT2D eigenvalue weighted by Crippen LogP contribution is -2.30. The van der Waals surface area contributed by atoms with Crippen molar-refractivity contribution in [1.29, 1.82) is 0 Å². The Morgan fingerprint density at radius 1 is 0.800 bits per heavy atom. The van der Waals surface area contributed by atoms with Gasteiger partial charge >= 0.3 is 0 Å². The normalized spacial score (nSPS) is 14.1. The summed E-state index contributed by atoms with van der Waals surface area (Å²) in [4.78, 5) is 24.6. The van der Waals surface area contributed by atoms with E-state index in [1.807, 2.05) is 0 Å². The van der Waals surface area contributed by atoms with Crippen LogP contribution >= 0.6 is 0 Å². The molecule has 0 heterocycles. The van der Waals surface area contributed by atoms with Gasteiger partial charge < -0.3 is 0 Å². The largest absolute Gasteiger partial charge is 0.289 e. The van der Waals surface area contributed by atoms with Crippen LogP contribution < -0.4 is 4.72 Å². The lowest BCUT2D eigenvalue weighted by atomic mass is 9.84. The molecule has 0 spiro atoms. The van der Waals surface area contributed by atoms with E-state index in [0.29, 0.717) is 0 Å². The van der Waals surface area contributed by atoms with E-state index >= 15 is 0 Å². The van der Waals surface area contributed by atoms with Gasteiger partial charge in [-0.05, 0) is 18.2 Å². The standard InChI is InChI=1S/C15H11NO7S2/c17-14-10-3-1-2-4-11(10)15(18)13-7-9(5-6-12(13)14)25(22,23)16-8-24(19,20)21/h1-7,16H,8H2,(H,19,20,21). The van der Waals surface area contributed by atoms with Gasteiger partial charge in [-0.2, -0.15) is 13.1 Å². The summed E-state index contributed by atoms with van der Waals surface area (Å²) in [7, 11) is -8.85. The zero-order chi connectivity index (χ0) is 18.4. The van der Waals surface area contributed by atoms with Gasteiger partial charge in [-0.3, -0.25) is 14.1 Å². The van der Waals surface area contributed by atoms with Crippen molar-refractivity contribution in [3.63, 3.8) is 0 Å². The van der Waals surface area contributed by atoms with Gasteiger partial charge in [-0.15, -0.1) is 0 Å². The molecule has 0 aliphatic heterocycles. The van der Waals surface area contributed by atoms with Gasteiger partial charge in [-0.25, -0.2) is 8.42 Å². The molecule has 0 saturated heterocycles. The van der Waals surface area contributed by atoms with Crippen molar-refractivity contribution in [2.24, 2.45) is 0 Å². The van der Waals surface area contributed by atoms with Crippen LogP contribution in [0, 0.1) is 0 Å². The van der Waals surface area contributed by atoms with Crippen molar-refractivity contribution < 1.29 is 31.0 Å². The number of carbonyl (C=O) groups excluding carboxylic acids is 2. The molecule has 0 unspecified atom stereocenters. The average molecular weight is 381 g/mol. The highest BCUT2D eigenvalue weighted by atomic mass is 32.2. The fraction of sp³-hybridized carbons (Fsp3) is 0.0667. The molecule has 1 aliphatic rings. The molecular weight excluding hydrogens is 370 g/mol. The fourth-order valence-corrected chi connectivity index (χ4v) is 4.38. The van der Waals surface area contributed by atoms with Crippen molar-refractivity contribution in [3.8, 4) is 0 Å². The molecule has 130 valence electrons. The van der Waals surface area contributed by atoms with Crippen molar-refractivity contribution >= 4 is 31.7 Å². The van der Waals surface area contributed by atoms with Crippen LogP contribution in [0.15, 0.2) is 47.4 Å². The Bertz CT molecular complexity index is 1120. The molecule has 0 amide bonds. The van der Waals surface area contributed by atoms with Crippen molar-refractivity contribution in [2.45, 2.75) is 4.90 Å². The minimum Gasteiger partial charge on any atom is -0.289 e. The Kier molecular flexibility index (Phi) is 4.07. The lowest BCUT2D eigenvalue weighted by Gasteiger charge is -2.18. The van der Waals surface area contributed by atoms with E-state index in [2.05, 4.69) is 0 Å². The first kappa shape index (κ1) is 17.4. The summed E-state index contributed by atoms with van der Waals surface area (Å²) < 4.78 is 56.0. The third-order valence-electron chi connectivity index (χ3n) is 3.64. The molecule has 2 aromatic carbocycles. The van der Waals surface area contributed by atoms with Crippen LogP contribution in [0.2, 0.25) is 0 Å². The molecule has 10 heteroatoms. The van der Waals surface area contributed by atoms with Crippen LogP contribution in [0.5, 0.6) is 0 Å². The number of carbonyl (C=O) groups is 2. The predicted molar refractivity (Wildman–Crippen MR) is 86.5 cm³/mol. The van der Waals surface area contributed by atoms with Crippen LogP contribution in [0.25, 0.3) is 0 Å². The number of hydrogen-bond acceptors (Lipinski definition) is 6. The second-order valence-electron chi connectivity index (χ2n) is 5.29. The highest BCUT2D eigenvalue weighted by Gasteiger charge is 2.30. The molecule has 0 bridgehead atoms. The van der Waals surface area contributed by atoms with Crippen molar-refractivity contribution in [1.82, 2.24) is 4.72 Å². The Hall–Kier alpha value is -2.40. The van der Waals surface area contributed by atoms with Gasteiger partial charge in [0.15, 0.2) is 11.6 Å². The number of rotatable bonds is 4. The number of nitrogens with one attached hydrogen (secondary N) is 1. The van der Waals surface area contributed by atoms with E-state index in [4.69, 9.17) is 4.55 Å². The summed E-state index contributed by atoms with van der Waals surface area (Å²) in [5, 5.41) is 0. The highest BCUT2D eigenvalue weighted by molar-refractivity contribution is 7.91. The van der Waals surface area contributed by atoms with E-state index in [-0.39, 0.29) is 22.3 Å². The van der Waals surface area contributed by atoms with Crippen LogP contribution in [-0.4, -0.2) is 38.8 Å². The summed E-state index contributed by atoms with van der Waals surface area (Å²) in [5.41, 5.74) is 0.386. The van der Waals surface area contributed by atoms with E-state index in [9.17, 15) is 26.4 Å². The second-order valence-corrected chi connectivity index (χ2v) is 8.50. The minimum absolute atomic E-state index is 0.0671. The molecule has 0 aromatic heterocycles. The molecule has 3 rings (SSSR count). The summed E-state index contributed by atoms with van der Waals surface area (Å²) in [5.74, 6) is -2.11. The van der Waals surface area contributed by atoms with E-state index in [1.165, 1.54) is 18.2 Å². The molecule has 8 nitrogen and oxygen atoms in total. The number of hydrogen-bond donors (Lipinski definition) is 2. The molecule has 2 N–H and O–H groups in total. The minimum atomic E-state index is -4.55. The summed E-state index contributed by atoms with van der Waals surface area (Å²) in [6, 6.07) is 9.49. The van der Waals surface area contributed by atoms with E-state index in [0.717, 1.165) is 12.1 Å². The molecule has 1 aliphatic carbocycles. The van der Waals surface area contributed by atoms with E-state index < -0.39 is 42.5 Å². The molecule has 25 heavy (non-hydrogen) atoms. The maximum Gasteiger partial charge on any atom is 0.279 e. The number of ketones is 2. The molecule has 0 atom stereocenters. The second kappa shape index (κ2) is 5.85. The number of sulfonamides is 1. The SMILES string of the molecule is O=C1c2ccccc2C(=O)c2cc(S(=O)(=O)NCS(=O)(=O)O)ccc21. The Morgan fingerprint density at radius 3 is 1.88 bits per heavy atom. The first-order chi connectivity index (χ1) is 11.6. The monoisotopic (exact) mass is 381 g/mol.